The maximum Gasteiger partial charge on any atom is 0.137 e. The van der Waals surface area contributed by atoms with E-state index in [1.165, 1.54) is 17.8 Å². The SMILES string of the molecule is Cc1nn(C)c(Sc2ccccc2F)c1CN. The summed E-state index contributed by atoms with van der Waals surface area (Å²) in [5, 5.41) is 5.20. The van der Waals surface area contributed by atoms with Crippen LogP contribution in [0.25, 0.3) is 0 Å². The minimum atomic E-state index is -0.223. The van der Waals surface area contributed by atoms with Gasteiger partial charge in [-0.1, -0.05) is 23.9 Å². The molecule has 0 spiro atoms. The number of halogens is 1. The summed E-state index contributed by atoms with van der Waals surface area (Å²) in [4.78, 5) is 0.588. The van der Waals surface area contributed by atoms with Gasteiger partial charge in [-0.15, -0.1) is 0 Å². The van der Waals surface area contributed by atoms with Gasteiger partial charge in [-0.3, -0.25) is 4.68 Å². The Kier molecular flexibility index (Phi) is 3.49. The van der Waals surface area contributed by atoms with Gasteiger partial charge in [-0.05, 0) is 19.1 Å². The van der Waals surface area contributed by atoms with E-state index < -0.39 is 0 Å². The lowest BCUT2D eigenvalue weighted by molar-refractivity contribution is 0.601. The number of hydrogen-bond acceptors (Lipinski definition) is 3. The van der Waals surface area contributed by atoms with E-state index in [-0.39, 0.29) is 5.82 Å². The van der Waals surface area contributed by atoms with Crippen LogP contribution in [-0.2, 0) is 13.6 Å². The molecule has 0 amide bonds. The van der Waals surface area contributed by atoms with Crippen LogP contribution in [0.1, 0.15) is 11.3 Å². The Hall–Kier alpha value is -1.33. The highest BCUT2D eigenvalue weighted by molar-refractivity contribution is 7.99. The average Bonchev–Trinajstić information content (AvgIpc) is 2.56. The lowest BCUT2D eigenvalue weighted by Gasteiger charge is -2.05. The summed E-state index contributed by atoms with van der Waals surface area (Å²) in [5.41, 5.74) is 7.57. The molecule has 17 heavy (non-hydrogen) atoms. The van der Waals surface area contributed by atoms with Crippen molar-refractivity contribution in [3.05, 3.63) is 41.3 Å². The summed E-state index contributed by atoms with van der Waals surface area (Å²) in [6.45, 7) is 2.32. The molecule has 3 nitrogen and oxygen atoms in total. The standard InChI is InChI=1S/C12H14FN3S/c1-8-9(7-14)12(16(2)15-8)17-11-6-4-3-5-10(11)13/h3-6H,7,14H2,1-2H3. The predicted octanol–water partition coefficient (Wildman–Crippen LogP) is 2.48. The van der Waals surface area contributed by atoms with Gasteiger partial charge in [0, 0.05) is 24.1 Å². The van der Waals surface area contributed by atoms with Crippen molar-refractivity contribution in [3.8, 4) is 0 Å². The lowest BCUT2D eigenvalue weighted by atomic mass is 10.3. The van der Waals surface area contributed by atoms with Crippen LogP contribution in [0.4, 0.5) is 4.39 Å². The summed E-state index contributed by atoms with van der Waals surface area (Å²) in [6, 6.07) is 6.70. The van der Waals surface area contributed by atoms with Gasteiger partial charge in [-0.25, -0.2) is 4.39 Å². The molecule has 0 aliphatic rings. The molecule has 1 aromatic heterocycles. The molecule has 0 fully saturated rings. The number of nitrogens with zero attached hydrogens (tertiary/aromatic N) is 2. The molecule has 90 valence electrons. The van der Waals surface area contributed by atoms with Crippen molar-refractivity contribution >= 4 is 11.8 Å². The van der Waals surface area contributed by atoms with Gasteiger partial charge in [0.05, 0.1) is 5.69 Å². The molecule has 0 saturated carbocycles. The van der Waals surface area contributed by atoms with Crippen LogP contribution in [0, 0.1) is 12.7 Å². The zero-order valence-corrected chi connectivity index (χ0v) is 10.6. The van der Waals surface area contributed by atoms with Crippen molar-refractivity contribution in [3.63, 3.8) is 0 Å². The fourth-order valence-electron chi connectivity index (χ4n) is 1.68. The molecule has 5 heteroatoms. The summed E-state index contributed by atoms with van der Waals surface area (Å²) in [6.07, 6.45) is 0. The van der Waals surface area contributed by atoms with Crippen LogP contribution >= 0.6 is 11.8 Å². The molecule has 2 aromatic rings. The van der Waals surface area contributed by atoms with Gasteiger partial charge < -0.3 is 5.73 Å². The van der Waals surface area contributed by atoms with E-state index in [4.69, 9.17) is 5.73 Å². The number of aromatic nitrogens is 2. The molecule has 0 aliphatic heterocycles. The van der Waals surface area contributed by atoms with Gasteiger partial charge >= 0.3 is 0 Å². The fraction of sp³-hybridized carbons (Fsp3) is 0.250. The second-order valence-electron chi connectivity index (χ2n) is 3.73. The van der Waals surface area contributed by atoms with Gasteiger partial charge in [0.2, 0.25) is 0 Å². The molecular formula is C12H14FN3S. The van der Waals surface area contributed by atoms with E-state index in [1.807, 2.05) is 20.0 Å². The minimum absolute atomic E-state index is 0.223. The summed E-state index contributed by atoms with van der Waals surface area (Å²) in [7, 11) is 1.84. The Morgan fingerprint density at radius 1 is 1.41 bits per heavy atom. The number of rotatable bonds is 3. The molecule has 0 bridgehead atoms. The van der Waals surface area contributed by atoms with Crippen molar-refractivity contribution in [1.29, 1.82) is 0 Å². The molecule has 0 unspecified atom stereocenters. The van der Waals surface area contributed by atoms with Crippen molar-refractivity contribution in [2.45, 2.75) is 23.4 Å². The topological polar surface area (TPSA) is 43.8 Å². The van der Waals surface area contributed by atoms with Crippen molar-refractivity contribution in [2.24, 2.45) is 12.8 Å². The first-order valence-electron chi connectivity index (χ1n) is 5.28. The third kappa shape index (κ3) is 2.35. The van der Waals surface area contributed by atoms with Crippen LogP contribution < -0.4 is 5.73 Å². The highest BCUT2D eigenvalue weighted by Gasteiger charge is 2.14. The highest BCUT2D eigenvalue weighted by atomic mass is 32.2. The first-order valence-corrected chi connectivity index (χ1v) is 6.10. The van der Waals surface area contributed by atoms with E-state index in [1.54, 1.807) is 16.8 Å². The average molecular weight is 251 g/mol. The van der Waals surface area contributed by atoms with Crippen LogP contribution in [0.3, 0.4) is 0 Å². The number of hydrogen-bond donors (Lipinski definition) is 1. The normalized spacial score (nSPS) is 10.8. The Morgan fingerprint density at radius 3 is 2.76 bits per heavy atom. The number of benzene rings is 1. The third-order valence-electron chi connectivity index (χ3n) is 2.54. The van der Waals surface area contributed by atoms with E-state index in [0.717, 1.165) is 16.3 Å². The fourth-order valence-corrected chi connectivity index (χ4v) is 2.72. The van der Waals surface area contributed by atoms with Crippen molar-refractivity contribution in [1.82, 2.24) is 9.78 Å². The largest absolute Gasteiger partial charge is 0.326 e. The Bertz CT molecular complexity index is 537. The van der Waals surface area contributed by atoms with Gasteiger partial charge in [0.1, 0.15) is 10.8 Å². The lowest BCUT2D eigenvalue weighted by Crippen LogP contribution is -2.00. The molecular weight excluding hydrogens is 237 g/mol. The third-order valence-corrected chi connectivity index (χ3v) is 3.79. The van der Waals surface area contributed by atoms with E-state index in [2.05, 4.69) is 5.10 Å². The van der Waals surface area contributed by atoms with Gasteiger partial charge in [-0.2, -0.15) is 5.10 Å². The first-order chi connectivity index (χ1) is 8.13. The second-order valence-corrected chi connectivity index (χ2v) is 4.76. The summed E-state index contributed by atoms with van der Waals surface area (Å²) >= 11 is 1.36. The summed E-state index contributed by atoms with van der Waals surface area (Å²) in [5.74, 6) is -0.223. The van der Waals surface area contributed by atoms with Gasteiger partial charge in [0.25, 0.3) is 0 Å². The minimum Gasteiger partial charge on any atom is -0.326 e. The molecule has 2 N–H and O–H groups in total. The predicted molar refractivity (Wildman–Crippen MR) is 66.4 cm³/mol. The van der Waals surface area contributed by atoms with Crippen LogP contribution in [0.2, 0.25) is 0 Å². The quantitative estimate of drug-likeness (QED) is 0.911. The molecule has 1 aromatic carbocycles. The molecule has 0 atom stereocenters. The van der Waals surface area contributed by atoms with Crippen LogP contribution in [0.5, 0.6) is 0 Å². The second kappa shape index (κ2) is 4.89. The van der Waals surface area contributed by atoms with E-state index in [0.29, 0.717) is 11.4 Å². The molecule has 1 heterocycles. The van der Waals surface area contributed by atoms with E-state index in [9.17, 15) is 4.39 Å². The Morgan fingerprint density at radius 2 is 2.12 bits per heavy atom. The zero-order valence-electron chi connectivity index (χ0n) is 9.77. The van der Waals surface area contributed by atoms with Gasteiger partial charge in [0.15, 0.2) is 0 Å². The zero-order chi connectivity index (χ0) is 12.4. The maximum absolute atomic E-state index is 13.6. The van der Waals surface area contributed by atoms with Crippen molar-refractivity contribution in [2.75, 3.05) is 0 Å². The summed E-state index contributed by atoms with van der Waals surface area (Å²) < 4.78 is 15.3. The maximum atomic E-state index is 13.6. The first kappa shape index (κ1) is 12.1. The Labute approximate surface area is 104 Å². The van der Waals surface area contributed by atoms with Crippen LogP contribution in [-0.4, -0.2) is 9.78 Å². The highest BCUT2D eigenvalue weighted by Crippen LogP contribution is 2.32. The molecule has 0 saturated heterocycles. The molecule has 0 radical (unpaired) electrons. The Balaban J connectivity index is 2.40. The molecule has 2 rings (SSSR count). The van der Waals surface area contributed by atoms with Crippen LogP contribution in [0.15, 0.2) is 34.2 Å². The monoisotopic (exact) mass is 251 g/mol. The van der Waals surface area contributed by atoms with E-state index >= 15 is 0 Å². The number of nitrogens with two attached hydrogens (primary N) is 1. The molecule has 0 aliphatic carbocycles. The number of aryl methyl sites for hydroxylation is 2. The van der Waals surface area contributed by atoms with Crippen molar-refractivity contribution < 1.29 is 4.39 Å². The smallest absolute Gasteiger partial charge is 0.137 e.